The van der Waals surface area contributed by atoms with Gasteiger partial charge >= 0.3 is 0 Å². The quantitative estimate of drug-likeness (QED) is 0.210. The number of aliphatic hydroxyl groups excluding tert-OH is 2. The van der Waals surface area contributed by atoms with Crippen LogP contribution >= 0.6 is 0 Å². The highest BCUT2D eigenvalue weighted by Gasteiger charge is 2.50. The molecule has 2 aliphatic carbocycles. The van der Waals surface area contributed by atoms with Crippen molar-refractivity contribution in [1.29, 1.82) is 0 Å². The van der Waals surface area contributed by atoms with Gasteiger partial charge < -0.3 is 14.9 Å². The zero-order valence-corrected chi connectivity index (χ0v) is 28.3. The molecule has 234 valence electrons. The molecule has 1 saturated carbocycles. The molecular formula is C40H56O3. The van der Waals surface area contributed by atoms with Gasteiger partial charge in [0.1, 0.15) is 0 Å². The minimum absolute atomic E-state index is 0.0467. The number of aliphatic hydroxyl groups is 2. The van der Waals surface area contributed by atoms with Gasteiger partial charge in [0, 0.05) is 12.3 Å². The lowest BCUT2D eigenvalue weighted by atomic mass is 9.65. The molecule has 3 rings (SSSR count). The Morgan fingerprint density at radius 2 is 1.30 bits per heavy atom. The summed E-state index contributed by atoms with van der Waals surface area (Å²) in [6, 6.07) is 0. The summed E-state index contributed by atoms with van der Waals surface area (Å²) in [5.74, 6) is 0.344. The van der Waals surface area contributed by atoms with Gasteiger partial charge in [-0.2, -0.15) is 0 Å². The largest absolute Gasteiger partial charge is 0.393 e. The Balaban J connectivity index is 1.52. The van der Waals surface area contributed by atoms with Crippen LogP contribution in [0.2, 0.25) is 0 Å². The van der Waals surface area contributed by atoms with E-state index in [4.69, 9.17) is 4.74 Å². The molecule has 3 nitrogen and oxygen atoms in total. The molecule has 0 aromatic carbocycles. The second-order valence-electron chi connectivity index (χ2n) is 14.5. The molecule has 1 heterocycles. The normalized spacial score (nSPS) is 32.3. The van der Waals surface area contributed by atoms with Gasteiger partial charge in [-0.05, 0) is 82.4 Å². The van der Waals surface area contributed by atoms with Crippen LogP contribution in [0.3, 0.4) is 0 Å². The van der Waals surface area contributed by atoms with Crippen molar-refractivity contribution in [2.24, 2.45) is 16.7 Å². The Morgan fingerprint density at radius 3 is 1.91 bits per heavy atom. The maximum Gasteiger partial charge on any atom is 0.0982 e. The molecule has 1 fully saturated rings. The lowest BCUT2D eigenvalue weighted by Crippen LogP contribution is -2.45. The van der Waals surface area contributed by atoms with Crippen LogP contribution in [0.25, 0.3) is 0 Å². The van der Waals surface area contributed by atoms with Crippen molar-refractivity contribution in [2.45, 2.75) is 112 Å². The van der Waals surface area contributed by atoms with Gasteiger partial charge in [0.25, 0.3) is 0 Å². The highest BCUT2D eigenvalue weighted by Crippen LogP contribution is 2.52. The summed E-state index contributed by atoms with van der Waals surface area (Å²) in [6.07, 6.45) is 31.3. The first-order chi connectivity index (χ1) is 20.0. The summed E-state index contributed by atoms with van der Waals surface area (Å²) in [5, 5.41) is 20.5. The number of hydrogen-bond donors (Lipinski definition) is 2. The van der Waals surface area contributed by atoms with E-state index in [0.29, 0.717) is 12.3 Å². The molecule has 2 N–H and O–H groups in total. The van der Waals surface area contributed by atoms with Crippen LogP contribution in [0, 0.1) is 16.7 Å². The summed E-state index contributed by atoms with van der Waals surface area (Å²) in [4.78, 5) is 0. The Labute approximate surface area is 262 Å². The second kappa shape index (κ2) is 14.4. The monoisotopic (exact) mass is 584 g/mol. The second-order valence-corrected chi connectivity index (χ2v) is 14.5. The number of fused-ring (bicyclic) bond motifs is 1. The van der Waals surface area contributed by atoms with Crippen LogP contribution in [0.1, 0.15) is 88.5 Å². The van der Waals surface area contributed by atoms with E-state index in [2.05, 4.69) is 148 Å². The number of rotatable bonds is 9. The average molecular weight is 585 g/mol. The maximum absolute atomic E-state index is 10.4. The van der Waals surface area contributed by atoms with Gasteiger partial charge in [-0.25, -0.2) is 0 Å². The van der Waals surface area contributed by atoms with E-state index in [1.165, 1.54) is 33.4 Å². The SMILES string of the molecule is CC1=C[C@H](O)CC(C)(C)[C@H]1/C=C/C(C)=C/C=C/C(C)=C/C=C/C=C(C)/C=C/C=C(\C)C1C=C2C(C)(C)C[C@H](O)C[C@@]2(C)O1. The van der Waals surface area contributed by atoms with Crippen molar-refractivity contribution in [2.75, 3.05) is 0 Å². The zero-order chi connectivity index (χ0) is 32.0. The van der Waals surface area contributed by atoms with E-state index in [0.717, 1.165) is 12.8 Å². The molecule has 43 heavy (non-hydrogen) atoms. The van der Waals surface area contributed by atoms with Crippen molar-refractivity contribution >= 4 is 0 Å². The van der Waals surface area contributed by atoms with E-state index >= 15 is 0 Å². The van der Waals surface area contributed by atoms with Crippen LogP contribution in [-0.2, 0) is 4.74 Å². The van der Waals surface area contributed by atoms with Crippen molar-refractivity contribution in [3.8, 4) is 0 Å². The first-order valence-electron chi connectivity index (χ1n) is 15.9. The lowest BCUT2D eigenvalue weighted by molar-refractivity contribution is -0.0683. The van der Waals surface area contributed by atoms with Crippen LogP contribution in [-0.4, -0.2) is 34.1 Å². The van der Waals surface area contributed by atoms with E-state index < -0.39 is 0 Å². The van der Waals surface area contributed by atoms with Crippen molar-refractivity contribution in [1.82, 2.24) is 0 Å². The third-order valence-corrected chi connectivity index (χ3v) is 9.16. The Kier molecular flexibility index (Phi) is 11.6. The van der Waals surface area contributed by atoms with Crippen LogP contribution in [0.4, 0.5) is 0 Å². The predicted molar refractivity (Wildman–Crippen MR) is 184 cm³/mol. The molecule has 3 heteroatoms. The number of allylic oxidation sites excluding steroid dienone is 16. The van der Waals surface area contributed by atoms with Crippen molar-refractivity contribution < 1.29 is 14.9 Å². The third-order valence-electron chi connectivity index (χ3n) is 9.16. The molecule has 0 amide bonds. The van der Waals surface area contributed by atoms with E-state index in [1.807, 2.05) is 6.08 Å². The summed E-state index contributed by atoms with van der Waals surface area (Å²) in [5.41, 5.74) is 6.92. The van der Waals surface area contributed by atoms with Gasteiger partial charge in [0.05, 0.1) is 23.9 Å². The van der Waals surface area contributed by atoms with Crippen molar-refractivity contribution in [3.63, 3.8) is 0 Å². The topological polar surface area (TPSA) is 49.7 Å². The lowest BCUT2D eigenvalue weighted by Gasteiger charge is -2.44. The molecule has 0 radical (unpaired) electrons. The molecule has 0 spiro atoms. The van der Waals surface area contributed by atoms with Gasteiger partial charge in [-0.3, -0.25) is 0 Å². The molecule has 1 aliphatic heterocycles. The Morgan fingerprint density at radius 1 is 0.744 bits per heavy atom. The third kappa shape index (κ3) is 9.63. The first kappa shape index (κ1) is 34.8. The van der Waals surface area contributed by atoms with E-state index in [1.54, 1.807) is 0 Å². The van der Waals surface area contributed by atoms with Gasteiger partial charge in [-0.15, -0.1) is 0 Å². The highest BCUT2D eigenvalue weighted by molar-refractivity contribution is 5.37. The molecular weight excluding hydrogens is 528 g/mol. The summed E-state index contributed by atoms with van der Waals surface area (Å²) in [6.45, 7) is 21.6. The summed E-state index contributed by atoms with van der Waals surface area (Å²) < 4.78 is 6.46. The Hall–Kier alpha value is -2.72. The van der Waals surface area contributed by atoms with Gasteiger partial charge in [0.2, 0.25) is 0 Å². The minimum Gasteiger partial charge on any atom is -0.393 e. The molecule has 0 saturated heterocycles. The number of ether oxygens (including phenoxy) is 1. The van der Waals surface area contributed by atoms with E-state index in [9.17, 15) is 10.2 Å². The van der Waals surface area contributed by atoms with Gasteiger partial charge in [0.15, 0.2) is 0 Å². The predicted octanol–water partition coefficient (Wildman–Crippen LogP) is 9.61. The molecule has 1 unspecified atom stereocenters. The minimum atomic E-state index is -0.382. The van der Waals surface area contributed by atoms with E-state index in [-0.39, 0.29) is 34.7 Å². The summed E-state index contributed by atoms with van der Waals surface area (Å²) in [7, 11) is 0. The first-order valence-corrected chi connectivity index (χ1v) is 15.9. The molecule has 0 bridgehead atoms. The van der Waals surface area contributed by atoms with Crippen molar-refractivity contribution in [3.05, 3.63) is 119 Å². The number of hydrogen-bond acceptors (Lipinski definition) is 3. The smallest absolute Gasteiger partial charge is 0.0982 e. The standard InChI is InChI=1S/C40H56O3/c1-28(17-13-18-30(3)21-22-35-32(5)23-33(41)25-38(35,6)7)15-11-12-16-29(2)19-14-20-31(4)36-24-37-39(8,9)26-34(42)27-40(37,10)43-36/h11-24,33-36,41-42H,25-27H2,1-10H3/b12-11+,17-13+,19-14+,22-21+,28-15+,29-16+,30-18+,31-20+/t33-,34-,35-,36?,40+/m0/s1. The molecule has 0 aromatic heterocycles. The zero-order valence-electron chi connectivity index (χ0n) is 28.3. The fraction of sp³-hybridized carbons (Fsp3) is 0.500. The average Bonchev–Trinajstić information content (AvgIpc) is 3.23. The molecule has 3 aliphatic rings. The molecule has 5 atom stereocenters. The fourth-order valence-corrected chi connectivity index (χ4v) is 7.04. The summed E-state index contributed by atoms with van der Waals surface area (Å²) >= 11 is 0. The van der Waals surface area contributed by atoms with Crippen LogP contribution in [0.5, 0.6) is 0 Å². The fourth-order valence-electron chi connectivity index (χ4n) is 7.04. The highest BCUT2D eigenvalue weighted by atomic mass is 16.5. The van der Waals surface area contributed by atoms with Crippen LogP contribution < -0.4 is 0 Å². The van der Waals surface area contributed by atoms with Crippen LogP contribution in [0.15, 0.2) is 119 Å². The molecule has 0 aromatic rings. The Bertz CT molecular complexity index is 1320. The maximum atomic E-state index is 10.4. The van der Waals surface area contributed by atoms with Gasteiger partial charge in [-0.1, -0.05) is 129 Å².